The average Bonchev–Trinajstić information content (AvgIpc) is 2.88. The van der Waals surface area contributed by atoms with Gasteiger partial charge in [-0.1, -0.05) is 41.9 Å². The Hall–Kier alpha value is -1.89. The summed E-state index contributed by atoms with van der Waals surface area (Å²) >= 11 is 6.18. The number of morpholine rings is 1. The Balaban J connectivity index is 1.87. The van der Waals surface area contributed by atoms with Crippen LogP contribution in [0.3, 0.4) is 0 Å². The first-order chi connectivity index (χ1) is 12.0. The molecule has 25 heavy (non-hydrogen) atoms. The summed E-state index contributed by atoms with van der Waals surface area (Å²) in [5, 5.41) is 14.6. The number of nitrogens with zero attached hydrogens (tertiary/aromatic N) is 3. The number of amides is 1. The highest BCUT2D eigenvalue weighted by molar-refractivity contribution is 6.31. The van der Waals surface area contributed by atoms with Crippen molar-refractivity contribution in [1.82, 2.24) is 14.7 Å². The maximum Gasteiger partial charge on any atom is 0.245 e. The van der Waals surface area contributed by atoms with Crippen molar-refractivity contribution < 1.29 is 14.6 Å². The van der Waals surface area contributed by atoms with Gasteiger partial charge in [0.2, 0.25) is 5.91 Å². The molecule has 1 fully saturated rings. The molecule has 0 saturated carbocycles. The van der Waals surface area contributed by atoms with Gasteiger partial charge in [-0.05, 0) is 19.4 Å². The fraction of sp³-hybridized carbons (Fsp3) is 0.444. The number of halogens is 1. The Morgan fingerprint density at radius 2 is 2.08 bits per heavy atom. The second-order valence-electron chi connectivity index (χ2n) is 6.18. The summed E-state index contributed by atoms with van der Waals surface area (Å²) in [5.74, 6) is -0.0714. The van der Waals surface area contributed by atoms with E-state index in [0.717, 1.165) is 11.3 Å². The highest BCUT2D eigenvalue weighted by atomic mass is 35.5. The normalized spacial score (nSPS) is 20.7. The summed E-state index contributed by atoms with van der Waals surface area (Å²) < 4.78 is 7.31. The van der Waals surface area contributed by atoms with E-state index in [0.29, 0.717) is 23.9 Å². The highest BCUT2D eigenvalue weighted by Crippen LogP contribution is 2.30. The second kappa shape index (κ2) is 7.56. The molecule has 2 heterocycles. The van der Waals surface area contributed by atoms with Gasteiger partial charge >= 0.3 is 0 Å². The third-order valence-electron chi connectivity index (χ3n) is 4.57. The maximum atomic E-state index is 13.0. The van der Waals surface area contributed by atoms with Crippen LogP contribution in [0, 0.1) is 13.8 Å². The third-order valence-corrected chi connectivity index (χ3v) is 5.12. The minimum Gasteiger partial charge on any atom is -0.394 e. The third kappa shape index (κ3) is 3.56. The molecule has 1 amide bonds. The Morgan fingerprint density at radius 1 is 1.36 bits per heavy atom. The number of carbonyl (C=O) groups excluding carboxylic acids is 1. The van der Waals surface area contributed by atoms with Crippen LogP contribution in [0.15, 0.2) is 30.3 Å². The Kier molecular flexibility index (Phi) is 5.42. The van der Waals surface area contributed by atoms with Gasteiger partial charge in [0.05, 0.1) is 35.7 Å². The second-order valence-corrected chi connectivity index (χ2v) is 6.55. The van der Waals surface area contributed by atoms with Crippen LogP contribution in [0.5, 0.6) is 0 Å². The number of rotatable bonds is 4. The lowest BCUT2D eigenvalue weighted by Gasteiger charge is -2.41. The van der Waals surface area contributed by atoms with Crippen molar-refractivity contribution in [2.75, 3.05) is 19.8 Å². The van der Waals surface area contributed by atoms with Crippen LogP contribution in [-0.4, -0.2) is 51.6 Å². The zero-order chi connectivity index (χ0) is 18.0. The number of carbonyl (C=O) groups is 1. The van der Waals surface area contributed by atoms with Crippen molar-refractivity contribution in [3.8, 4) is 0 Å². The van der Waals surface area contributed by atoms with E-state index < -0.39 is 6.10 Å². The van der Waals surface area contributed by atoms with Crippen molar-refractivity contribution in [1.29, 1.82) is 0 Å². The van der Waals surface area contributed by atoms with Crippen molar-refractivity contribution in [2.24, 2.45) is 0 Å². The summed E-state index contributed by atoms with van der Waals surface area (Å²) in [5.41, 5.74) is 2.43. The molecule has 1 aromatic carbocycles. The molecule has 0 spiro atoms. The van der Waals surface area contributed by atoms with Gasteiger partial charge in [0, 0.05) is 6.54 Å². The Bertz CT molecular complexity index is 748. The summed E-state index contributed by atoms with van der Waals surface area (Å²) in [6.45, 7) is 4.51. The number of hydrogen-bond acceptors (Lipinski definition) is 4. The quantitative estimate of drug-likeness (QED) is 0.903. The molecular weight excluding hydrogens is 342 g/mol. The first-order valence-electron chi connectivity index (χ1n) is 8.29. The average molecular weight is 364 g/mol. The molecule has 1 aromatic heterocycles. The molecule has 1 saturated heterocycles. The highest BCUT2D eigenvalue weighted by Gasteiger charge is 2.36. The first-order valence-corrected chi connectivity index (χ1v) is 8.67. The maximum absolute atomic E-state index is 13.0. The molecule has 7 heteroatoms. The molecule has 1 aliphatic rings. The Labute approximate surface area is 152 Å². The van der Waals surface area contributed by atoms with E-state index in [1.807, 2.05) is 44.2 Å². The van der Waals surface area contributed by atoms with Gasteiger partial charge in [-0.2, -0.15) is 5.10 Å². The van der Waals surface area contributed by atoms with Crippen molar-refractivity contribution in [2.45, 2.75) is 32.5 Å². The molecule has 2 atom stereocenters. The molecule has 134 valence electrons. The van der Waals surface area contributed by atoms with E-state index in [-0.39, 0.29) is 25.1 Å². The van der Waals surface area contributed by atoms with Crippen LogP contribution in [0.4, 0.5) is 0 Å². The van der Waals surface area contributed by atoms with Crippen LogP contribution in [0.25, 0.3) is 0 Å². The zero-order valence-corrected chi connectivity index (χ0v) is 15.1. The monoisotopic (exact) mass is 363 g/mol. The molecule has 2 aromatic rings. The number of ether oxygens (including phenoxy) is 1. The van der Waals surface area contributed by atoms with Crippen LogP contribution >= 0.6 is 11.6 Å². The standard InChI is InChI=1S/C18H22ClN3O3/c1-12-17(19)13(2)22(20-12)10-16(24)21-8-9-25-15(11-23)18(21)14-6-4-3-5-7-14/h3-7,15,18,23H,8-11H2,1-2H3/t15-,18-/m1/s1. The molecule has 0 aliphatic carbocycles. The van der Waals surface area contributed by atoms with Crippen molar-refractivity contribution in [3.63, 3.8) is 0 Å². The van der Waals surface area contributed by atoms with Crippen molar-refractivity contribution in [3.05, 3.63) is 52.3 Å². The van der Waals surface area contributed by atoms with Gasteiger partial charge in [0.15, 0.2) is 0 Å². The first kappa shape index (κ1) is 17.9. The fourth-order valence-corrected chi connectivity index (χ4v) is 3.39. The number of aliphatic hydroxyl groups is 1. The molecule has 1 N–H and O–H groups in total. The lowest BCUT2D eigenvalue weighted by molar-refractivity contribution is -0.150. The smallest absolute Gasteiger partial charge is 0.245 e. The number of aromatic nitrogens is 2. The number of benzene rings is 1. The van der Waals surface area contributed by atoms with E-state index >= 15 is 0 Å². The topological polar surface area (TPSA) is 67.6 Å². The Morgan fingerprint density at radius 3 is 2.68 bits per heavy atom. The van der Waals surface area contributed by atoms with Gasteiger partial charge in [-0.25, -0.2) is 0 Å². The van der Waals surface area contributed by atoms with Gasteiger partial charge in [0.25, 0.3) is 0 Å². The molecule has 6 nitrogen and oxygen atoms in total. The molecule has 3 rings (SSSR count). The van der Waals surface area contributed by atoms with Crippen LogP contribution in [0.1, 0.15) is 23.0 Å². The number of hydrogen-bond donors (Lipinski definition) is 1. The van der Waals surface area contributed by atoms with Crippen molar-refractivity contribution >= 4 is 17.5 Å². The molecule has 0 bridgehead atoms. The van der Waals surface area contributed by atoms with E-state index in [9.17, 15) is 9.90 Å². The van der Waals surface area contributed by atoms with Gasteiger partial charge < -0.3 is 14.7 Å². The molecular formula is C18H22ClN3O3. The molecule has 1 aliphatic heterocycles. The minimum atomic E-state index is -0.441. The van der Waals surface area contributed by atoms with Crippen LogP contribution in [-0.2, 0) is 16.1 Å². The van der Waals surface area contributed by atoms with E-state index in [1.165, 1.54) is 0 Å². The predicted molar refractivity (Wildman–Crippen MR) is 94.4 cm³/mol. The van der Waals surface area contributed by atoms with Gasteiger partial charge in [-0.15, -0.1) is 0 Å². The fourth-order valence-electron chi connectivity index (χ4n) is 3.26. The van der Waals surface area contributed by atoms with E-state index in [4.69, 9.17) is 16.3 Å². The summed E-state index contributed by atoms with van der Waals surface area (Å²) in [4.78, 5) is 14.7. The minimum absolute atomic E-state index is 0.0714. The van der Waals surface area contributed by atoms with Gasteiger partial charge in [0.1, 0.15) is 12.6 Å². The largest absolute Gasteiger partial charge is 0.394 e. The van der Waals surface area contributed by atoms with Crippen LogP contribution < -0.4 is 0 Å². The molecule has 0 unspecified atom stereocenters. The van der Waals surface area contributed by atoms with Gasteiger partial charge in [-0.3, -0.25) is 9.48 Å². The number of aliphatic hydroxyl groups excluding tert-OH is 1. The predicted octanol–water partition coefficient (Wildman–Crippen LogP) is 2.11. The summed E-state index contributed by atoms with van der Waals surface area (Å²) in [7, 11) is 0. The van der Waals surface area contributed by atoms with Crippen LogP contribution in [0.2, 0.25) is 5.02 Å². The summed E-state index contributed by atoms with van der Waals surface area (Å²) in [6.07, 6.45) is -0.441. The lowest BCUT2D eigenvalue weighted by Crippen LogP contribution is -2.50. The number of aryl methyl sites for hydroxylation is 1. The van der Waals surface area contributed by atoms with E-state index in [1.54, 1.807) is 9.58 Å². The lowest BCUT2D eigenvalue weighted by atomic mass is 9.98. The zero-order valence-electron chi connectivity index (χ0n) is 14.4. The molecule has 0 radical (unpaired) electrons. The van der Waals surface area contributed by atoms with E-state index in [2.05, 4.69) is 5.10 Å². The SMILES string of the molecule is Cc1nn(CC(=O)N2CCO[C@H](CO)[C@H]2c2ccccc2)c(C)c1Cl. The summed E-state index contributed by atoms with van der Waals surface area (Å²) in [6, 6.07) is 9.33.